The standard InChI is InChI=1S/C17H22N4O4/c1-5-13(17(23)20-16-8-10(2)25-21-16)19-14-9-12(18-11(3)22)6-7-15(14)24-4/h6-9,13,19H,5H2,1-4H3,(H,18,22)(H,20,21,23)/t13-/m0/s1. The Morgan fingerprint density at radius 2 is 2.04 bits per heavy atom. The highest BCUT2D eigenvalue weighted by molar-refractivity contribution is 5.96. The zero-order valence-corrected chi connectivity index (χ0v) is 14.7. The van der Waals surface area contributed by atoms with Gasteiger partial charge in [0.15, 0.2) is 5.82 Å². The number of benzene rings is 1. The summed E-state index contributed by atoms with van der Waals surface area (Å²) in [5, 5.41) is 12.3. The zero-order valence-electron chi connectivity index (χ0n) is 14.7. The first-order valence-electron chi connectivity index (χ1n) is 7.89. The van der Waals surface area contributed by atoms with Gasteiger partial charge in [0, 0.05) is 18.7 Å². The van der Waals surface area contributed by atoms with Gasteiger partial charge in [0.1, 0.15) is 17.6 Å². The number of amides is 2. The number of methoxy groups -OCH3 is 1. The van der Waals surface area contributed by atoms with Crippen LogP contribution in [0.15, 0.2) is 28.8 Å². The van der Waals surface area contributed by atoms with Gasteiger partial charge in [-0.15, -0.1) is 0 Å². The number of rotatable bonds is 7. The molecule has 0 spiro atoms. The number of aromatic nitrogens is 1. The van der Waals surface area contributed by atoms with E-state index in [0.29, 0.717) is 35.1 Å². The molecular formula is C17H22N4O4. The lowest BCUT2D eigenvalue weighted by molar-refractivity contribution is -0.117. The first-order valence-corrected chi connectivity index (χ1v) is 7.89. The van der Waals surface area contributed by atoms with Crippen LogP contribution in [0, 0.1) is 6.92 Å². The molecule has 1 aromatic carbocycles. The molecule has 0 saturated heterocycles. The second-order valence-corrected chi connectivity index (χ2v) is 5.51. The van der Waals surface area contributed by atoms with Gasteiger partial charge in [0.25, 0.3) is 0 Å². The number of ether oxygens (including phenoxy) is 1. The average Bonchev–Trinajstić information content (AvgIpc) is 2.97. The van der Waals surface area contributed by atoms with E-state index in [1.807, 2.05) is 6.92 Å². The highest BCUT2D eigenvalue weighted by Gasteiger charge is 2.19. The van der Waals surface area contributed by atoms with Crippen LogP contribution in [0.4, 0.5) is 17.2 Å². The molecule has 0 aliphatic rings. The molecule has 2 rings (SSSR count). The summed E-state index contributed by atoms with van der Waals surface area (Å²) in [4.78, 5) is 23.7. The van der Waals surface area contributed by atoms with E-state index in [-0.39, 0.29) is 11.8 Å². The lowest BCUT2D eigenvalue weighted by Crippen LogP contribution is -2.34. The molecule has 8 heteroatoms. The third-order valence-corrected chi connectivity index (χ3v) is 3.45. The fraction of sp³-hybridized carbons (Fsp3) is 0.353. The maximum absolute atomic E-state index is 12.5. The van der Waals surface area contributed by atoms with E-state index >= 15 is 0 Å². The number of carbonyl (C=O) groups excluding carboxylic acids is 2. The summed E-state index contributed by atoms with van der Waals surface area (Å²) in [6.45, 7) is 5.06. The largest absolute Gasteiger partial charge is 0.495 e. The second kappa shape index (κ2) is 8.18. The molecule has 0 radical (unpaired) electrons. The minimum atomic E-state index is -0.515. The molecule has 8 nitrogen and oxygen atoms in total. The number of aryl methyl sites for hydroxylation is 1. The molecule has 0 aliphatic carbocycles. The molecule has 134 valence electrons. The van der Waals surface area contributed by atoms with Gasteiger partial charge >= 0.3 is 0 Å². The van der Waals surface area contributed by atoms with Crippen LogP contribution in [0.1, 0.15) is 26.0 Å². The van der Waals surface area contributed by atoms with Crippen LogP contribution in [0.3, 0.4) is 0 Å². The van der Waals surface area contributed by atoms with Crippen molar-refractivity contribution in [1.82, 2.24) is 5.16 Å². The first-order chi connectivity index (χ1) is 11.9. The summed E-state index contributed by atoms with van der Waals surface area (Å²) in [6.07, 6.45) is 0.538. The molecule has 1 heterocycles. The highest BCUT2D eigenvalue weighted by Crippen LogP contribution is 2.29. The van der Waals surface area contributed by atoms with Crippen molar-refractivity contribution in [2.45, 2.75) is 33.2 Å². The Hall–Kier alpha value is -3.03. The maximum Gasteiger partial charge on any atom is 0.248 e. The Morgan fingerprint density at radius 3 is 2.60 bits per heavy atom. The summed E-state index contributed by atoms with van der Waals surface area (Å²) in [5.41, 5.74) is 1.21. The highest BCUT2D eigenvalue weighted by atomic mass is 16.5. The Bertz CT molecular complexity index is 757. The van der Waals surface area contributed by atoms with E-state index in [1.54, 1.807) is 31.2 Å². The van der Waals surface area contributed by atoms with E-state index in [4.69, 9.17) is 9.26 Å². The fourth-order valence-corrected chi connectivity index (χ4v) is 2.28. The van der Waals surface area contributed by atoms with Crippen molar-refractivity contribution in [2.75, 3.05) is 23.1 Å². The smallest absolute Gasteiger partial charge is 0.248 e. The molecule has 2 amide bonds. The third kappa shape index (κ3) is 4.97. The van der Waals surface area contributed by atoms with E-state index in [9.17, 15) is 9.59 Å². The van der Waals surface area contributed by atoms with Crippen molar-refractivity contribution in [1.29, 1.82) is 0 Å². The zero-order chi connectivity index (χ0) is 18.4. The van der Waals surface area contributed by atoms with Crippen molar-refractivity contribution >= 4 is 29.0 Å². The van der Waals surface area contributed by atoms with Crippen molar-refractivity contribution in [2.24, 2.45) is 0 Å². The second-order valence-electron chi connectivity index (χ2n) is 5.51. The van der Waals surface area contributed by atoms with E-state index in [0.717, 1.165) is 0 Å². The molecule has 1 aromatic heterocycles. The maximum atomic E-state index is 12.5. The van der Waals surface area contributed by atoms with Crippen LogP contribution < -0.4 is 20.7 Å². The molecule has 0 saturated carbocycles. The lowest BCUT2D eigenvalue weighted by Gasteiger charge is -2.19. The van der Waals surface area contributed by atoms with Crippen molar-refractivity contribution in [3.8, 4) is 5.75 Å². The van der Waals surface area contributed by atoms with Gasteiger partial charge in [-0.3, -0.25) is 9.59 Å². The van der Waals surface area contributed by atoms with E-state index < -0.39 is 6.04 Å². The van der Waals surface area contributed by atoms with E-state index in [1.165, 1.54) is 14.0 Å². The average molecular weight is 346 g/mol. The van der Waals surface area contributed by atoms with Crippen LogP contribution in [0.2, 0.25) is 0 Å². The van der Waals surface area contributed by atoms with Crippen LogP contribution in [0.5, 0.6) is 5.75 Å². The summed E-state index contributed by atoms with van der Waals surface area (Å²) in [6, 6.07) is 6.29. The molecule has 0 unspecified atom stereocenters. The van der Waals surface area contributed by atoms with E-state index in [2.05, 4.69) is 21.1 Å². The predicted molar refractivity (Wildman–Crippen MR) is 94.9 cm³/mol. The molecular weight excluding hydrogens is 324 g/mol. The topological polar surface area (TPSA) is 105 Å². The Kier molecular flexibility index (Phi) is 5.99. The van der Waals surface area contributed by atoms with Crippen LogP contribution in [-0.2, 0) is 9.59 Å². The van der Waals surface area contributed by atoms with Crippen LogP contribution in [0.25, 0.3) is 0 Å². The molecule has 0 bridgehead atoms. The third-order valence-electron chi connectivity index (χ3n) is 3.45. The Morgan fingerprint density at radius 1 is 1.28 bits per heavy atom. The van der Waals surface area contributed by atoms with Gasteiger partial charge in [0.2, 0.25) is 11.8 Å². The fourth-order valence-electron chi connectivity index (χ4n) is 2.28. The lowest BCUT2D eigenvalue weighted by atomic mass is 10.1. The number of nitrogens with one attached hydrogen (secondary N) is 3. The molecule has 1 atom stereocenters. The van der Waals surface area contributed by atoms with Crippen molar-refractivity contribution in [3.63, 3.8) is 0 Å². The summed E-state index contributed by atoms with van der Waals surface area (Å²) >= 11 is 0. The number of nitrogens with zero attached hydrogens (tertiary/aromatic N) is 1. The quantitative estimate of drug-likeness (QED) is 0.712. The first kappa shape index (κ1) is 18.3. The monoisotopic (exact) mass is 346 g/mol. The Balaban J connectivity index is 2.16. The summed E-state index contributed by atoms with van der Waals surface area (Å²) in [7, 11) is 1.54. The van der Waals surface area contributed by atoms with Gasteiger partial charge in [-0.1, -0.05) is 12.1 Å². The SMILES string of the molecule is CC[C@H](Nc1cc(NC(C)=O)ccc1OC)C(=O)Nc1cc(C)on1. The number of hydrogen-bond acceptors (Lipinski definition) is 6. The van der Waals surface area contributed by atoms with Crippen molar-refractivity contribution in [3.05, 3.63) is 30.0 Å². The van der Waals surface area contributed by atoms with Gasteiger partial charge in [0.05, 0.1) is 12.8 Å². The minimum absolute atomic E-state index is 0.178. The number of carbonyl (C=O) groups is 2. The predicted octanol–water partition coefficient (Wildman–Crippen LogP) is 2.78. The number of hydrogen-bond donors (Lipinski definition) is 3. The molecule has 2 aromatic rings. The summed E-state index contributed by atoms with van der Waals surface area (Å²) in [5.74, 6) is 1.12. The minimum Gasteiger partial charge on any atom is -0.495 e. The van der Waals surface area contributed by atoms with Crippen molar-refractivity contribution < 1.29 is 18.8 Å². The van der Waals surface area contributed by atoms with Crippen LogP contribution >= 0.6 is 0 Å². The molecule has 0 fully saturated rings. The van der Waals surface area contributed by atoms with Gasteiger partial charge in [-0.05, 0) is 31.5 Å². The molecule has 0 aliphatic heterocycles. The van der Waals surface area contributed by atoms with Gasteiger partial charge in [-0.2, -0.15) is 0 Å². The number of anilines is 3. The Labute approximate surface area is 145 Å². The normalized spacial score (nSPS) is 11.5. The molecule has 25 heavy (non-hydrogen) atoms. The molecule has 3 N–H and O–H groups in total. The van der Waals surface area contributed by atoms with Gasteiger partial charge in [-0.25, -0.2) is 0 Å². The van der Waals surface area contributed by atoms with Crippen LogP contribution in [-0.4, -0.2) is 30.1 Å². The van der Waals surface area contributed by atoms with Gasteiger partial charge < -0.3 is 25.2 Å². The summed E-state index contributed by atoms with van der Waals surface area (Å²) < 4.78 is 10.3.